The maximum Gasteiger partial charge on any atom is 0.417 e. The summed E-state index contributed by atoms with van der Waals surface area (Å²) in [6.45, 7) is 16.1. The van der Waals surface area contributed by atoms with Crippen molar-refractivity contribution in [3.05, 3.63) is 76.7 Å². The molecule has 5 saturated heterocycles. The molecule has 5 aliphatic heterocycles. The molecule has 7 aromatic rings. The van der Waals surface area contributed by atoms with Gasteiger partial charge >= 0.3 is 18.3 Å². The van der Waals surface area contributed by atoms with Crippen LogP contribution in [0.2, 0.25) is 0 Å². The van der Waals surface area contributed by atoms with Crippen molar-refractivity contribution in [3.63, 3.8) is 0 Å². The van der Waals surface area contributed by atoms with Gasteiger partial charge in [-0.3, -0.25) is 24.3 Å². The number of hydrogen-bond acceptors (Lipinski definition) is 18. The molecule has 14 rings (SSSR count). The van der Waals surface area contributed by atoms with Gasteiger partial charge in [-0.05, 0) is 145 Å². The summed E-state index contributed by atoms with van der Waals surface area (Å²) in [6, 6.07) is 8.39. The highest BCUT2D eigenvalue weighted by molar-refractivity contribution is 7.26. The lowest BCUT2D eigenvalue weighted by Gasteiger charge is -2.52. The van der Waals surface area contributed by atoms with E-state index in [1.165, 1.54) is 30.3 Å². The summed E-state index contributed by atoms with van der Waals surface area (Å²) in [5.41, 5.74) is 1.04. The quantitative estimate of drug-likeness (QED) is 0.0720. The molecule has 7 aliphatic rings. The molecular formula is C71H85F5N12O9S2. The number of hydrogen-bond donors (Lipinski definition) is 3. The Kier molecular flexibility index (Phi) is 18.1. The largest absolute Gasteiger partial charge is 0.462 e. The van der Waals surface area contributed by atoms with E-state index < -0.39 is 95.4 Å². The summed E-state index contributed by atoms with van der Waals surface area (Å²) in [5.74, 6) is -4.03. The van der Waals surface area contributed by atoms with Crippen LogP contribution in [-0.4, -0.2) is 180 Å². The molecule has 5 aromatic heterocycles. The van der Waals surface area contributed by atoms with Crippen LogP contribution in [0.15, 0.2) is 54.3 Å². The molecule has 2 aromatic carbocycles. The molecule has 7 fully saturated rings. The summed E-state index contributed by atoms with van der Waals surface area (Å²) < 4.78 is 105. The number of thiophene rings is 1. The summed E-state index contributed by atoms with van der Waals surface area (Å²) in [5, 5.41) is 22.5. The number of β-amino-alcohol motifs (C(OH)–C–C–N with tert-alkyl or cyclic N) is 1. The van der Waals surface area contributed by atoms with Crippen molar-refractivity contribution in [2.75, 3.05) is 64.0 Å². The third-order valence-corrected chi connectivity index (χ3v) is 23.3. The highest BCUT2D eigenvalue weighted by Crippen LogP contribution is 2.62. The molecule has 2 bridgehead atoms. The maximum absolute atomic E-state index is 16.0. The fraction of sp³-hybridized carbons (Fsp3) is 0.592. The number of aliphatic hydroxyl groups excluding tert-OH is 1. The zero-order chi connectivity index (χ0) is 69.9. The molecule has 7 atom stereocenters. The number of nitrogens with zero attached hydrogens (tertiary/aromatic N) is 10. The number of aliphatic hydroxyl groups is 1. The van der Waals surface area contributed by atoms with Gasteiger partial charge in [0.1, 0.15) is 41.5 Å². The number of ether oxygens (including phenoxy) is 4. The normalized spacial score (nSPS) is 24.4. The first kappa shape index (κ1) is 68.9. The second-order valence-corrected chi connectivity index (χ2v) is 32.5. The van der Waals surface area contributed by atoms with Gasteiger partial charge in [0.25, 0.3) is 5.92 Å². The van der Waals surface area contributed by atoms with Crippen LogP contribution in [0.3, 0.4) is 0 Å². The number of likely N-dealkylation sites (tertiary alicyclic amines) is 2. The van der Waals surface area contributed by atoms with Crippen LogP contribution < -0.4 is 20.3 Å². The molecule has 3 unspecified atom stereocenters. The molecule has 3 N–H and O–H groups in total. The van der Waals surface area contributed by atoms with Gasteiger partial charge in [-0.1, -0.05) is 45.0 Å². The summed E-state index contributed by atoms with van der Waals surface area (Å²) in [4.78, 5) is 83.0. The van der Waals surface area contributed by atoms with Crippen molar-refractivity contribution in [2.24, 2.45) is 16.2 Å². The molecule has 4 amide bonds. The van der Waals surface area contributed by atoms with E-state index in [-0.39, 0.29) is 84.5 Å². The lowest BCUT2D eigenvalue weighted by molar-refractivity contribution is -0.148. The van der Waals surface area contributed by atoms with E-state index in [9.17, 15) is 24.3 Å². The lowest BCUT2D eigenvalue weighted by Crippen LogP contribution is -2.58. The van der Waals surface area contributed by atoms with Crippen molar-refractivity contribution in [3.8, 4) is 27.7 Å². The second kappa shape index (κ2) is 26.0. The minimum Gasteiger partial charge on any atom is -0.462 e. The summed E-state index contributed by atoms with van der Waals surface area (Å²) in [6.07, 6.45) is 2.33. The number of anilines is 1. The van der Waals surface area contributed by atoms with Gasteiger partial charge in [0, 0.05) is 74.7 Å². The molecule has 0 radical (unpaired) electrons. The Morgan fingerprint density at radius 3 is 2.28 bits per heavy atom. The SMILES string of the molecule is Cc1cc2c(cnn2C2CCCCO2)c(-c2nccc3c2sc2nc(OC[C@]4(CN5CCC6(CC5)CC(OCC(=O)N[C@@H](C(=O)N5C[C@@H](O)C[C@@H]5C(=O)NCc5ccc(-c7scnc7C)cc5)C(C)(C)C)C6)CC4(F)F)nc(N4CC5CCC(C4)N5C(=O)OC(C)(C)C)c23)c1C(F)(F)F. The topological polar surface area (TPSA) is 232 Å². The van der Waals surface area contributed by atoms with Crippen molar-refractivity contribution in [2.45, 2.75) is 193 Å². The minimum atomic E-state index is -4.79. The molecule has 1 spiro atoms. The number of aryl methyl sites for hydroxylation is 2. The number of alkyl halides is 5. The Morgan fingerprint density at radius 2 is 1.64 bits per heavy atom. The fourth-order valence-electron chi connectivity index (χ4n) is 16.0. The monoisotopic (exact) mass is 1410 g/mol. The van der Waals surface area contributed by atoms with E-state index in [1.54, 1.807) is 32.5 Å². The summed E-state index contributed by atoms with van der Waals surface area (Å²) in [7, 11) is 0. The fourth-order valence-corrected chi connectivity index (χ4v) is 17.9. The van der Waals surface area contributed by atoms with Crippen LogP contribution in [-0.2, 0) is 41.3 Å². The number of thiazole rings is 1. The van der Waals surface area contributed by atoms with E-state index >= 15 is 22.0 Å². The van der Waals surface area contributed by atoms with Gasteiger partial charge in [-0.25, -0.2) is 23.2 Å². The Hall–Kier alpha value is -7.24. The van der Waals surface area contributed by atoms with Crippen molar-refractivity contribution in [1.29, 1.82) is 0 Å². The number of amides is 4. The Bertz CT molecular complexity index is 4230. The number of aromatic nitrogens is 6. The second-order valence-electron chi connectivity index (χ2n) is 30.6. The number of piperazine rings is 1. The van der Waals surface area contributed by atoms with Gasteiger partial charge in [0.2, 0.25) is 17.7 Å². The number of pyridine rings is 1. The number of piperidine rings is 1. The van der Waals surface area contributed by atoms with Crippen LogP contribution >= 0.6 is 22.7 Å². The van der Waals surface area contributed by atoms with Crippen LogP contribution in [0.5, 0.6) is 6.01 Å². The third kappa shape index (κ3) is 13.5. The Labute approximate surface area is 578 Å². The molecular weight excluding hydrogens is 1320 g/mol. The van der Waals surface area contributed by atoms with Crippen molar-refractivity contribution >= 4 is 83.5 Å². The van der Waals surface area contributed by atoms with Crippen LogP contribution in [0.1, 0.15) is 141 Å². The zero-order valence-electron chi connectivity index (χ0n) is 57.0. The number of benzene rings is 2. The molecule has 530 valence electrons. The van der Waals surface area contributed by atoms with Gasteiger partial charge in [-0.2, -0.15) is 28.2 Å². The molecule has 10 heterocycles. The zero-order valence-corrected chi connectivity index (χ0v) is 58.6. The van der Waals surface area contributed by atoms with E-state index in [2.05, 4.69) is 25.6 Å². The smallest absolute Gasteiger partial charge is 0.417 e. The number of carbonyl (C=O) groups excluding carboxylic acids is 4. The lowest BCUT2D eigenvalue weighted by atomic mass is 9.61. The van der Waals surface area contributed by atoms with Crippen LogP contribution in [0.25, 0.3) is 52.9 Å². The van der Waals surface area contributed by atoms with Crippen LogP contribution in [0, 0.1) is 30.1 Å². The van der Waals surface area contributed by atoms with E-state index in [4.69, 9.17) is 33.9 Å². The number of halogens is 5. The number of fused-ring (bicyclic) bond motifs is 6. The van der Waals surface area contributed by atoms with Crippen molar-refractivity contribution in [1.82, 2.24) is 55.0 Å². The Morgan fingerprint density at radius 1 is 0.909 bits per heavy atom. The van der Waals surface area contributed by atoms with Crippen LogP contribution in [0.4, 0.5) is 32.6 Å². The molecule has 2 saturated carbocycles. The standard InChI is InChI=1S/C71H85F5N12O9S2/c1-39-25-49-48(30-80-88(49)52-11-9-10-24-94-52)53(55(39)71(74,75)76)56-58-47(18-21-77-56)54-60(85-31-43-16-17-44(32-85)87(43)65(93)97-67(6,7)8)82-64(83-62(54)99-58)96-37-69(35-70(69,72)73)36-84-22-19-68(20-23-84)27-46(28-68)95-34-51(90)81-59(66(3,4)5)63(92)86-33-45(89)26-50(86)61(91)78-29-41-12-14-42(15-13-41)57-40(2)79-38-98-57/h12-15,18,21,25,30,38,43-46,50,52,59,89H,9-11,16-17,19-20,22-24,26-29,31-37H2,1-8H3,(H,78,91)(H,81,90)/t43?,44?,45-,50+,52?,59-,69+/m0/s1. The van der Waals surface area contributed by atoms with Gasteiger partial charge in [-0.15, -0.1) is 22.7 Å². The van der Waals surface area contributed by atoms with Gasteiger partial charge in [0.05, 0.1) is 78.8 Å². The number of rotatable bonds is 17. The van der Waals surface area contributed by atoms with E-state index in [0.717, 1.165) is 58.7 Å². The molecule has 28 heteroatoms. The third-order valence-electron chi connectivity index (χ3n) is 21.3. The first-order chi connectivity index (χ1) is 46.9. The van der Waals surface area contributed by atoms with Crippen molar-refractivity contribution < 1.29 is 65.2 Å². The van der Waals surface area contributed by atoms with Gasteiger partial charge < -0.3 is 49.4 Å². The van der Waals surface area contributed by atoms with Gasteiger partial charge in [0.15, 0.2) is 6.23 Å². The highest BCUT2D eigenvalue weighted by Gasteiger charge is 2.72. The molecule has 21 nitrogen and oxygen atoms in total. The summed E-state index contributed by atoms with van der Waals surface area (Å²) >= 11 is 2.68. The maximum atomic E-state index is 16.0. The number of carbonyl (C=O) groups is 4. The number of nitrogens with one attached hydrogen (secondary N) is 2. The average molecular weight is 1410 g/mol. The van der Waals surface area contributed by atoms with E-state index in [1.807, 2.05) is 77.6 Å². The molecule has 99 heavy (non-hydrogen) atoms. The van der Waals surface area contributed by atoms with E-state index in [0.29, 0.717) is 96.5 Å². The molecule has 2 aliphatic carbocycles. The average Bonchev–Trinajstić information content (AvgIpc) is 1.57. The highest BCUT2D eigenvalue weighted by atomic mass is 32.1. The Balaban J connectivity index is 0.638. The predicted octanol–water partition coefficient (Wildman–Crippen LogP) is 11.8. The predicted molar refractivity (Wildman–Crippen MR) is 363 cm³/mol. The minimum absolute atomic E-state index is 0.00555. The first-order valence-electron chi connectivity index (χ1n) is 34.4. The first-order valence-corrected chi connectivity index (χ1v) is 36.1.